The van der Waals surface area contributed by atoms with E-state index in [-0.39, 0.29) is 5.76 Å². The van der Waals surface area contributed by atoms with Gasteiger partial charge in [0.1, 0.15) is 0 Å². The number of rotatable bonds is 6. The molecule has 116 valence electrons. The van der Waals surface area contributed by atoms with Crippen molar-refractivity contribution < 1.29 is 14.0 Å². The molecule has 1 aromatic carbocycles. The van der Waals surface area contributed by atoms with Gasteiger partial charge in [0.05, 0.1) is 6.26 Å². The number of hydrogen-bond acceptors (Lipinski definition) is 4. The Hall–Kier alpha value is -2.40. The number of furan rings is 1. The number of benzene rings is 1. The molecule has 2 rings (SSSR count). The average molecular weight is 300 g/mol. The lowest BCUT2D eigenvalue weighted by Crippen LogP contribution is -2.32. The van der Waals surface area contributed by atoms with E-state index in [0.29, 0.717) is 6.54 Å². The van der Waals surface area contributed by atoms with E-state index in [9.17, 15) is 9.59 Å². The molecule has 0 unspecified atom stereocenters. The van der Waals surface area contributed by atoms with Crippen LogP contribution in [-0.2, 0) is 17.9 Å². The monoisotopic (exact) mass is 300 g/mol. The molecule has 1 heterocycles. The third kappa shape index (κ3) is 4.05. The van der Waals surface area contributed by atoms with Crippen LogP contribution in [0, 0.1) is 0 Å². The number of nitrogens with zero attached hydrogens (tertiary/aromatic N) is 2. The molecule has 5 nitrogen and oxygen atoms in total. The van der Waals surface area contributed by atoms with Gasteiger partial charge in [-0.2, -0.15) is 0 Å². The Morgan fingerprint density at radius 1 is 1.00 bits per heavy atom. The maximum atomic E-state index is 12.1. The molecular weight excluding hydrogens is 280 g/mol. The first-order valence-electron chi connectivity index (χ1n) is 7.03. The quantitative estimate of drug-likeness (QED) is 0.606. The molecule has 0 N–H and O–H groups in total. The van der Waals surface area contributed by atoms with Gasteiger partial charge in [-0.05, 0) is 37.4 Å². The highest BCUT2D eigenvalue weighted by molar-refractivity contribution is 6.41. The fraction of sp³-hybridized carbons (Fsp3) is 0.294. The summed E-state index contributed by atoms with van der Waals surface area (Å²) in [6, 6.07) is 11.1. The summed E-state index contributed by atoms with van der Waals surface area (Å²) in [7, 11) is 5.62. The van der Waals surface area contributed by atoms with Gasteiger partial charge < -0.3 is 14.2 Å². The van der Waals surface area contributed by atoms with Gasteiger partial charge in [0.2, 0.25) is 0 Å². The number of Topliss-reactive ketones (excluding diaryl/α,β-unsaturated/α-hetero) is 1. The predicted octanol–water partition coefficient (Wildman–Crippen LogP) is 2.18. The Morgan fingerprint density at radius 3 is 2.27 bits per heavy atom. The van der Waals surface area contributed by atoms with Crippen LogP contribution in [0.3, 0.4) is 0 Å². The number of ketones is 1. The van der Waals surface area contributed by atoms with Crippen molar-refractivity contribution >= 4 is 11.7 Å². The zero-order chi connectivity index (χ0) is 16.1. The van der Waals surface area contributed by atoms with Gasteiger partial charge in [-0.1, -0.05) is 24.3 Å². The highest BCUT2D eigenvalue weighted by Gasteiger charge is 2.22. The fourth-order valence-electron chi connectivity index (χ4n) is 2.22. The Morgan fingerprint density at radius 2 is 1.68 bits per heavy atom. The fourth-order valence-corrected chi connectivity index (χ4v) is 2.22. The topological polar surface area (TPSA) is 53.8 Å². The molecule has 0 spiro atoms. The Labute approximate surface area is 130 Å². The standard InChI is InChI=1S/C17H20N2O3/c1-18(2)11-13-6-4-7-14(10-13)12-19(3)17(21)16(20)15-8-5-9-22-15/h4-10H,11-12H2,1-3H3. The van der Waals surface area contributed by atoms with Crippen molar-refractivity contribution in [3.63, 3.8) is 0 Å². The molecule has 22 heavy (non-hydrogen) atoms. The zero-order valence-corrected chi connectivity index (χ0v) is 13.1. The van der Waals surface area contributed by atoms with E-state index >= 15 is 0 Å². The molecule has 2 aromatic rings. The van der Waals surface area contributed by atoms with Crippen molar-refractivity contribution in [3.05, 3.63) is 59.5 Å². The van der Waals surface area contributed by atoms with E-state index in [1.54, 1.807) is 13.1 Å². The summed E-state index contributed by atoms with van der Waals surface area (Å²) < 4.78 is 4.98. The van der Waals surface area contributed by atoms with Crippen molar-refractivity contribution in [2.75, 3.05) is 21.1 Å². The molecule has 1 aromatic heterocycles. The maximum absolute atomic E-state index is 12.1. The molecule has 0 fully saturated rings. The maximum Gasteiger partial charge on any atom is 0.298 e. The Bertz CT molecular complexity index is 648. The molecule has 0 radical (unpaired) electrons. The molecule has 0 saturated carbocycles. The lowest BCUT2D eigenvalue weighted by molar-refractivity contribution is -0.125. The second-order valence-corrected chi connectivity index (χ2v) is 5.53. The van der Waals surface area contributed by atoms with Crippen LogP contribution < -0.4 is 0 Å². The van der Waals surface area contributed by atoms with Crippen LogP contribution >= 0.6 is 0 Å². The third-order valence-electron chi connectivity index (χ3n) is 3.20. The van der Waals surface area contributed by atoms with Crippen LogP contribution in [0.15, 0.2) is 47.1 Å². The number of amides is 1. The van der Waals surface area contributed by atoms with E-state index in [4.69, 9.17) is 4.42 Å². The van der Waals surface area contributed by atoms with E-state index in [1.165, 1.54) is 22.8 Å². The van der Waals surface area contributed by atoms with Gasteiger partial charge in [0.25, 0.3) is 11.7 Å². The van der Waals surface area contributed by atoms with Crippen LogP contribution in [0.4, 0.5) is 0 Å². The first-order valence-corrected chi connectivity index (χ1v) is 7.03. The van der Waals surface area contributed by atoms with Gasteiger partial charge in [0, 0.05) is 20.1 Å². The lowest BCUT2D eigenvalue weighted by atomic mass is 10.1. The third-order valence-corrected chi connectivity index (χ3v) is 3.20. The summed E-state index contributed by atoms with van der Waals surface area (Å²) in [5.74, 6) is -1.14. The zero-order valence-electron chi connectivity index (χ0n) is 13.1. The molecule has 0 bridgehead atoms. The number of hydrogen-bond donors (Lipinski definition) is 0. The lowest BCUT2D eigenvalue weighted by Gasteiger charge is -2.17. The van der Waals surface area contributed by atoms with E-state index in [1.807, 2.05) is 38.4 Å². The molecule has 0 atom stereocenters. The molecule has 1 amide bonds. The van der Waals surface area contributed by atoms with Gasteiger partial charge in [0.15, 0.2) is 5.76 Å². The summed E-state index contributed by atoms with van der Waals surface area (Å²) >= 11 is 0. The minimum atomic E-state index is -0.628. The second-order valence-electron chi connectivity index (χ2n) is 5.53. The highest BCUT2D eigenvalue weighted by Crippen LogP contribution is 2.11. The van der Waals surface area contributed by atoms with Crippen molar-refractivity contribution in [2.45, 2.75) is 13.1 Å². The van der Waals surface area contributed by atoms with Crippen LogP contribution in [0.1, 0.15) is 21.7 Å². The number of likely N-dealkylation sites (N-methyl/N-ethyl adjacent to an activating group) is 1. The SMILES string of the molecule is CN(C)Cc1cccc(CN(C)C(=O)C(=O)c2ccco2)c1. The van der Waals surface area contributed by atoms with E-state index < -0.39 is 11.7 Å². The molecule has 0 saturated heterocycles. The van der Waals surface area contributed by atoms with Crippen LogP contribution in [0.5, 0.6) is 0 Å². The summed E-state index contributed by atoms with van der Waals surface area (Å²) in [5, 5.41) is 0. The van der Waals surface area contributed by atoms with Crippen molar-refractivity contribution in [2.24, 2.45) is 0 Å². The van der Waals surface area contributed by atoms with Crippen molar-refractivity contribution in [3.8, 4) is 0 Å². The first kappa shape index (κ1) is 16.0. The van der Waals surface area contributed by atoms with Crippen molar-refractivity contribution in [1.29, 1.82) is 0 Å². The summed E-state index contributed by atoms with van der Waals surface area (Å²) in [4.78, 5) is 27.6. The van der Waals surface area contributed by atoms with Crippen LogP contribution in [0.2, 0.25) is 0 Å². The van der Waals surface area contributed by atoms with E-state index in [0.717, 1.165) is 12.1 Å². The summed E-state index contributed by atoms with van der Waals surface area (Å²) in [5.41, 5.74) is 2.16. The molecule has 5 heteroatoms. The van der Waals surface area contributed by atoms with Gasteiger partial charge in [-0.3, -0.25) is 9.59 Å². The van der Waals surface area contributed by atoms with Crippen molar-refractivity contribution in [1.82, 2.24) is 9.80 Å². The van der Waals surface area contributed by atoms with Crippen LogP contribution in [-0.4, -0.2) is 42.6 Å². The Balaban J connectivity index is 2.03. The van der Waals surface area contributed by atoms with Gasteiger partial charge in [-0.15, -0.1) is 0 Å². The largest absolute Gasteiger partial charge is 0.461 e. The van der Waals surface area contributed by atoms with Gasteiger partial charge >= 0.3 is 0 Å². The number of carbonyl (C=O) groups excluding carboxylic acids is 2. The van der Waals surface area contributed by atoms with Crippen LogP contribution in [0.25, 0.3) is 0 Å². The minimum Gasteiger partial charge on any atom is -0.461 e. The van der Waals surface area contributed by atoms with E-state index in [2.05, 4.69) is 4.90 Å². The molecule has 0 aliphatic heterocycles. The molecule has 0 aliphatic rings. The molecule has 0 aliphatic carbocycles. The highest BCUT2D eigenvalue weighted by atomic mass is 16.3. The summed E-state index contributed by atoms with van der Waals surface area (Å²) in [6.45, 7) is 1.21. The normalized spacial score (nSPS) is 10.7. The average Bonchev–Trinajstić information content (AvgIpc) is 2.99. The Kier molecular flexibility index (Phi) is 5.12. The molecular formula is C17H20N2O3. The minimum absolute atomic E-state index is 0.0678. The van der Waals surface area contributed by atoms with Gasteiger partial charge in [-0.25, -0.2) is 0 Å². The number of carbonyl (C=O) groups is 2. The first-order chi connectivity index (χ1) is 10.5. The smallest absolute Gasteiger partial charge is 0.298 e. The second kappa shape index (κ2) is 7.04. The predicted molar refractivity (Wildman–Crippen MR) is 83.3 cm³/mol. The summed E-state index contributed by atoms with van der Waals surface area (Å²) in [6.07, 6.45) is 1.38.